The molecule has 0 aliphatic heterocycles. The number of pyridine rings is 1. The van der Waals surface area contributed by atoms with Crippen molar-refractivity contribution in [1.29, 1.82) is 0 Å². The Bertz CT molecular complexity index is 753. The van der Waals surface area contributed by atoms with Crippen molar-refractivity contribution < 1.29 is 14.6 Å². The number of ether oxygens (including phenoxy) is 2. The van der Waals surface area contributed by atoms with Gasteiger partial charge in [0.25, 0.3) is 0 Å². The molecule has 0 aliphatic carbocycles. The van der Waals surface area contributed by atoms with E-state index in [1.165, 1.54) is 5.56 Å². The molecule has 0 saturated carbocycles. The molecule has 7 nitrogen and oxygen atoms in total. The van der Waals surface area contributed by atoms with Crippen LogP contribution in [-0.2, 0) is 6.42 Å². The predicted octanol–water partition coefficient (Wildman–Crippen LogP) is 2.71. The molecule has 0 bridgehead atoms. The first-order chi connectivity index (χ1) is 14.2. The van der Waals surface area contributed by atoms with Gasteiger partial charge in [0.2, 0.25) is 0 Å². The van der Waals surface area contributed by atoms with E-state index >= 15 is 0 Å². The molecule has 0 fully saturated rings. The molecule has 1 atom stereocenters. The van der Waals surface area contributed by atoms with Crippen molar-refractivity contribution in [3.8, 4) is 11.5 Å². The lowest BCUT2D eigenvalue weighted by Gasteiger charge is -2.14. The zero-order valence-corrected chi connectivity index (χ0v) is 17.5. The van der Waals surface area contributed by atoms with Crippen molar-refractivity contribution in [3.05, 3.63) is 53.9 Å². The van der Waals surface area contributed by atoms with E-state index in [0.29, 0.717) is 12.6 Å². The molecule has 1 aromatic carbocycles. The van der Waals surface area contributed by atoms with Crippen LogP contribution < -0.4 is 20.1 Å². The van der Waals surface area contributed by atoms with Crippen LogP contribution in [0.2, 0.25) is 0 Å². The summed E-state index contributed by atoms with van der Waals surface area (Å²) in [5, 5.41) is 16.8. The van der Waals surface area contributed by atoms with Gasteiger partial charge in [-0.05, 0) is 62.1 Å². The van der Waals surface area contributed by atoms with E-state index in [4.69, 9.17) is 9.47 Å². The molecule has 0 spiro atoms. The van der Waals surface area contributed by atoms with Crippen molar-refractivity contribution in [2.24, 2.45) is 4.99 Å². The molecular formula is C22H32N4O3. The number of hydrogen-bond acceptors (Lipinski definition) is 5. The van der Waals surface area contributed by atoms with Crippen LogP contribution in [0.15, 0.2) is 47.7 Å². The van der Waals surface area contributed by atoms with Crippen LogP contribution in [0.25, 0.3) is 0 Å². The van der Waals surface area contributed by atoms with Gasteiger partial charge >= 0.3 is 0 Å². The number of aliphatic imine (C=N–C) groups is 1. The van der Waals surface area contributed by atoms with Gasteiger partial charge in [-0.2, -0.15) is 0 Å². The topological polar surface area (TPSA) is 88.0 Å². The molecule has 1 unspecified atom stereocenters. The van der Waals surface area contributed by atoms with Gasteiger partial charge in [-0.1, -0.05) is 6.07 Å². The number of aliphatic hydroxyl groups excluding tert-OH is 1. The second-order valence-electron chi connectivity index (χ2n) is 6.46. The third-order valence-electron chi connectivity index (χ3n) is 4.32. The average Bonchev–Trinajstić information content (AvgIpc) is 2.75. The molecule has 0 saturated heterocycles. The van der Waals surface area contributed by atoms with Crippen LogP contribution in [0.3, 0.4) is 0 Å². The first kappa shape index (κ1) is 22.5. The Hall–Kier alpha value is -2.80. The Labute approximate surface area is 173 Å². The van der Waals surface area contributed by atoms with E-state index in [1.807, 2.05) is 26.0 Å². The van der Waals surface area contributed by atoms with Crippen molar-refractivity contribution >= 4 is 5.96 Å². The number of nitrogens with one attached hydrogen (secondary N) is 2. The van der Waals surface area contributed by atoms with Crippen LogP contribution in [0.5, 0.6) is 11.5 Å². The third-order valence-corrected chi connectivity index (χ3v) is 4.32. The summed E-state index contributed by atoms with van der Waals surface area (Å²) in [6, 6.07) is 9.63. The van der Waals surface area contributed by atoms with Crippen LogP contribution in [0, 0.1) is 0 Å². The Morgan fingerprint density at radius 3 is 2.62 bits per heavy atom. The average molecular weight is 401 g/mol. The van der Waals surface area contributed by atoms with Crippen molar-refractivity contribution in [2.75, 3.05) is 33.4 Å². The van der Waals surface area contributed by atoms with Crippen LogP contribution in [0.4, 0.5) is 0 Å². The number of guanidine groups is 1. The highest BCUT2D eigenvalue weighted by molar-refractivity contribution is 5.79. The fourth-order valence-corrected chi connectivity index (χ4v) is 2.85. The number of hydrogen-bond donors (Lipinski definition) is 3. The number of aromatic nitrogens is 1. The third kappa shape index (κ3) is 7.62. The lowest BCUT2D eigenvalue weighted by Crippen LogP contribution is -2.38. The van der Waals surface area contributed by atoms with Gasteiger partial charge in [-0.3, -0.25) is 9.98 Å². The summed E-state index contributed by atoms with van der Waals surface area (Å²) in [5.41, 5.74) is 2.01. The Kier molecular flexibility index (Phi) is 9.78. The number of methoxy groups -OCH3 is 1. The van der Waals surface area contributed by atoms with Gasteiger partial charge in [0.1, 0.15) is 0 Å². The second-order valence-corrected chi connectivity index (χ2v) is 6.46. The smallest absolute Gasteiger partial charge is 0.191 e. The largest absolute Gasteiger partial charge is 0.493 e. The van der Waals surface area contributed by atoms with E-state index in [-0.39, 0.29) is 6.54 Å². The van der Waals surface area contributed by atoms with Crippen molar-refractivity contribution in [3.63, 3.8) is 0 Å². The predicted molar refractivity (Wildman–Crippen MR) is 116 cm³/mol. The number of nitrogens with zero attached hydrogens (tertiary/aromatic N) is 2. The van der Waals surface area contributed by atoms with E-state index in [2.05, 4.69) is 26.7 Å². The van der Waals surface area contributed by atoms with Gasteiger partial charge < -0.3 is 25.2 Å². The van der Waals surface area contributed by atoms with Crippen molar-refractivity contribution in [1.82, 2.24) is 15.6 Å². The van der Waals surface area contributed by atoms with Crippen LogP contribution in [-0.4, -0.2) is 49.4 Å². The highest BCUT2D eigenvalue weighted by Crippen LogP contribution is 2.28. The molecule has 1 heterocycles. The molecule has 2 rings (SSSR count). The highest BCUT2D eigenvalue weighted by atomic mass is 16.5. The lowest BCUT2D eigenvalue weighted by molar-refractivity contribution is 0.187. The molecule has 29 heavy (non-hydrogen) atoms. The molecule has 0 radical (unpaired) electrons. The quantitative estimate of drug-likeness (QED) is 0.305. The summed E-state index contributed by atoms with van der Waals surface area (Å²) in [5.74, 6) is 2.23. The van der Waals surface area contributed by atoms with Crippen LogP contribution in [0.1, 0.15) is 37.5 Å². The second kappa shape index (κ2) is 12.6. The van der Waals surface area contributed by atoms with Gasteiger partial charge in [0.15, 0.2) is 17.5 Å². The zero-order chi connectivity index (χ0) is 20.9. The monoisotopic (exact) mass is 400 g/mol. The summed E-state index contributed by atoms with van der Waals surface area (Å²) in [6.45, 7) is 6.40. The molecule has 2 aromatic rings. The minimum absolute atomic E-state index is 0.287. The Balaban J connectivity index is 1.83. The summed E-state index contributed by atoms with van der Waals surface area (Å²) in [7, 11) is 1.65. The normalized spacial score (nSPS) is 12.3. The van der Waals surface area contributed by atoms with Gasteiger partial charge in [0, 0.05) is 25.5 Å². The lowest BCUT2D eigenvalue weighted by atomic mass is 10.1. The molecule has 7 heteroatoms. The highest BCUT2D eigenvalue weighted by Gasteiger charge is 2.08. The first-order valence-electron chi connectivity index (χ1n) is 10.1. The minimum Gasteiger partial charge on any atom is -0.493 e. The number of benzene rings is 1. The molecule has 3 N–H and O–H groups in total. The number of aryl methyl sites for hydroxylation is 1. The maximum absolute atomic E-state index is 10.3. The maximum Gasteiger partial charge on any atom is 0.191 e. The van der Waals surface area contributed by atoms with Gasteiger partial charge in [-0.25, -0.2) is 0 Å². The molecule has 0 aliphatic rings. The van der Waals surface area contributed by atoms with E-state index in [0.717, 1.165) is 43.0 Å². The molecular weight excluding hydrogens is 368 g/mol. The van der Waals surface area contributed by atoms with E-state index < -0.39 is 6.10 Å². The summed E-state index contributed by atoms with van der Waals surface area (Å²) in [6.07, 6.45) is 4.54. The van der Waals surface area contributed by atoms with E-state index in [9.17, 15) is 5.11 Å². The minimum atomic E-state index is -0.648. The van der Waals surface area contributed by atoms with E-state index in [1.54, 1.807) is 31.6 Å². The standard InChI is InChI=1S/C22H32N4O3/c1-4-24-22(26-16-19(27)18-10-13-23-14-11-18)25-12-6-7-17-8-9-20(28-3)21(15-17)29-5-2/h8-11,13-15,19,27H,4-7,12,16H2,1-3H3,(H2,24,25,26). The van der Waals surface area contributed by atoms with Gasteiger partial charge in [-0.15, -0.1) is 0 Å². The van der Waals surface area contributed by atoms with Crippen LogP contribution >= 0.6 is 0 Å². The summed E-state index contributed by atoms with van der Waals surface area (Å²) in [4.78, 5) is 8.45. The molecule has 1 aromatic heterocycles. The maximum atomic E-state index is 10.3. The Morgan fingerprint density at radius 2 is 1.93 bits per heavy atom. The fourth-order valence-electron chi connectivity index (χ4n) is 2.85. The Morgan fingerprint density at radius 1 is 1.14 bits per heavy atom. The first-order valence-corrected chi connectivity index (χ1v) is 10.1. The molecule has 0 amide bonds. The number of aliphatic hydroxyl groups is 1. The van der Waals surface area contributed by atoms with Crippen molar-refractivity contribution in [2.45, 2.75) is 32.8 Å². The number of rotatable bonds is 11. The molecule has 158 valence electrons. The fraction of sp³-hybridized carbons (Fsp3) is 0.455. The summed E-state index contributed by atoms with van der Waals surface area (Å²) >= 11 is 0. The zero-order valence-electron chi connectivity index (χ0n) is 17.5. The van der Waals surface area contributed by atoms with Gasteiger partial charge in [0.05, 0.1) is 26.4 Å². The SMILES string of the molecule is CCNC(=NCC(O)c1ccncc1)NCCCc1ccc(OC)c(OCC)c1. The summed E-state index contributed by atoms with van der Waals surface area (Å²) < 4.78 is 11.0.